The van der Waals surface area contributed by atoms with Gasteiger partial charge in [0.1, 0.15) is 12.0 Å². The van der Waals surface area contributed by atoms with Crippen LogP contribution in [0.15, 0.2) is 174 Å². The van der Waals surface area contributed by atoms with Gasteiger partial charge in [0.15, 0.2) is 5.84 Å². The first-order valence-electron chi connectivity index (χ1n) is 16.4. The summed E-state index contributed by atoms with van der Waals surface area (Å²) in [4.78, 5) is 9.95. The first kappa shape index (κ1) is 29.8. The van der Waals surface area contributed by atoms with Gasteiger partial charge in [0.05, 0.1) is 11.6 Å². The van der Waals surface area contributed by atoms with Gasteiger partial charge < -0.3 is 5.32 Å². The van der Waals surface area contributed by atoms with E-state index in [1.165, 1.54) is 16.3 Å². The monoisotopic (exact) mass is 628 g/mol. The normalized spacial score (nSPS) is 14.0. The summed E-state index contributed by atoms with van der Waals surface area (Å²) in [6.07, 6.45) is -0.239. The lowest BCUT2D eigenvalue weighted by molar-refractivity contribution is 0.674. The fourth-order valence-corrected chi connectivity index (χ4v) is 6.51. The number of hydrogen-bond acceptors (Lipinski definition) is 4. The number of amidine groups is 2. The molecule has 1 atom stereocenters. The van der Waals surface area contributed by atoms with Gasteiger partial charge in [-0.25, -0.2) is 9.98 Å². The molecule has 1 heterocycles. The first-order valence-corrected chi connectivity index (χ1v) is 16.4. The van der Waals surface area contributed by atoms with Gasteiger partial charge in [0.25, 0.3) is 0 Å². The molecule has 1 aliphatic heterocycles. The summed E-state index contributed by atoms with van der Waals surface area (Å²) in [6.45, 7) is 2.03. The third-order valence-corrected chi connectivity index (χ3v) is 8.98. The average Bonchev–Trinajstić information content (AvgIpc) is 3.18. The zero-order valence-electron chi connectivity index (χ0n) is 27.0. The van der Waals surface area contributed by atoms with Crippen LogP contribution in [-0.4, -0.2) is 11.7 Å². The van der Waals surface area contributed by atoms with E-state index in [1.807, 2.05) is 55.5 Å². The van der Waals surface area contributed by atoms with E-state index in [0.29, 0.717) is 11.4 Å². The van der Waals surface area contributed by atoms with E-state index in [-0.39, 0.29) is 6.17 Å². The summed E-state index contributed by atoms with van der Waals surface area (Å²) < 4.78 is 0. The Morgan fingerprint density at radius 1 is 0.551 bits per heavy atom. The Labute approximate surface area is 286 Å². The molecule has 1 unspecified atom stereocenters. The van der Waals surface area contributed by atoms with E-state index in [4.69, 9.17) is 9.98 Å². The van der Waals surface area contributed by atoms with Gasteiger partial charge in [0.2, 0.25) is 0 Å². The minimum Gasteiger partial charge on any atom is -0.344 e. The van der Waals surface area contributed by atoms with Crippen LogP contribution in [-0.2, 0) is 0 Å². The molecular weight excluding hydrogens is 597 g/mol. The maximum atomic E-state index is 9.47. The average molecular weight is 629 g/mol. The number of hydrogen-bond donors (Lipinski definition) is 1. The molecule has 4 nitrogen and oxygen atoms in total. The summed E-state index contributed by atoms with van der Waals surface area (Å²) >= 11 is 0. The zero-order chi connectivity index (χ0) is 33.2. The van der Waals surface area contributed by atoms with Crippen molar-refractivity contribution in [1.82, 2.24) is 5.32 Å². The Bertz CT molecular complexity index is 2400. The molecular formula is C45H32N4. The van der Waals surface area contributed by atoms with Crippen molar-refractivity contribution in [1.29, 1.82) is 5.26 Å². The van der Waals surface area contributed by atoms with Crippen molar-refractivity contribution in [2.24, 2.45) is 9.98 Å². The molecule has 232 valence electrons. The highest BCUT2D eigenvalue weighted by Crippen LogP contribution is 2.36. The Morgan fingerprint density at radius 2 is 1.16 bits per heavy atom. The summed E-state index contributed by atoms with van der Waals surface area (Å²) in [5, 5.41) is 15.4. The van der Waals surface area contributed by atoms with Crippen molar-refractivity contribution >= 4 is 22.4 Å². The smallest absolute Gasteiger partial charge is 0.159 e. The summed E-state index contributed by atoms with van der Waals surface area (Å²) in [7, 11) is 0. The molecule has 0 saturated heterocycles. The maximum Gasteiger partial charge on any atom is 0.159 e. The van der Waals surface area contributed by atoms with E-state index < -0.39 is 0 Å². The summed E-state index contributed by atoms with van der Waals surface area (Å²) in [5.41, 5.74) is 11.6. The lowest BCUT2D eigenvalue weighted by Gasteiger charge is -2.23. The molecule has 0 aliphatic carbocycles. The Kier molecular flexibility index (Phi) is 7.85. The van der Waals surface area contributed by atoms with Crippen LogP contribution in [0.1, 0.15) is 34.0 Å². The Hall–Kier alpha value is -6.57. The number of nitrogens with zero attached hydrogens (tertiary/aromatic N) is 3. The largest absolute Gasteiger partial charge is 0.344 e. The lowest BCUT2D eigenvalue weighted by atomic mass is 9.91. The third kappa shape index (κ3) is 6.14. The van der Waals surface area contributed by atoms with E-state index >= 15 is 0 Å². The molecule has 0 fully saturated rings. The van der Waals surface area contributed by atoms with Gasteiger partial charge in [-0.2, -0.15) is 5.26 Å². The molecule has 0 amide bonds. The van der Waals surface area contributed by atoms with Gasteiger partial charge in [-0.1, -0.05) is 140 Å². The van der Waals surface area contributed by atoms with Crippen LogP contribution in [0.2, 0.25) is 0 Å². The molecule has 1 aliphatic rings. The number of fused-ring (bicyclic) bond motifs is 1. The van der Waals surface area contributed by atoms with E-state index in [1.54, 1.807) is 0 Å². The van der Waals surface area contributed by atoms with Gasteiger partial charge in [-0.3, -0.25) is 0 Å². The molecule has 0 spiro atoms. The highest BCUT2D eigenvalue weighted by Gasteiger charge is 2.21. The molecule has 8 rings (SSSR count). The highest BCUT2D eigenvalue weighted by molar-refractivity contribution is 6.13. The maximum absolute atomic E-state index is 9.47. The molecule has 7 aromatic rings. The number of aliphatic imine (C=N–C) groups is 2. The minimum atomic E-state index is -0.239. The first-order chi connectivity index (χ1) is 24.1. The van der Waals surface area contributed by atoms with Crippen molar-refractivity contribution < 1.29 is 0 Å². The van der Waals surface area contributed by atoms with Crippen molar-refractivity contribution in [3.8, 4) is 39.4 Å². The standard InChI is InChI=1S/C45H32N4/c1-30-24-31(29-46)26-39(25-30)32-16-20-34(21-17-32)42-28-40(27-38-14-8-9-15-41(38)42)33-18-22-37(23-19-33)45-48-43(35-10-4-2-5-11-35)47-44(49-45)36-12-6-3-7-13-36/h2-28,43H,1H3,(H,47,48,49). The van der Waals surface area contributed by atoms with E-state index in [2.05, 4.69) is 127 Å². The van der Waals surface area contributed by atoms with Crippen LogP contribution in [0, 0.1) is 18.3 Å². The molecule has 0 bridgehead atoms. The van der Waals surface area contributed by atoms with Crippen LogP contribution in [0.3, 0.4) is 0 Å². The zero-order valence-corrected chi connectivity index (χ0v) is 27.0. The predicted octanol–water partition coefficient (Wildman–Crippen LogP) is 10.5. The second-order valence-corrected chi connectivity index (χ2v) is 12.3. The van der Waals surface area contributed by atoms with Gasteiger partial charge >= 0.3 is 0 Å². The third-order valence-electron chi connectivity index (χ3n) is 8.98. The van der Waals surface area contributed by atoms with Crippen LogP contribution < -0.4 is 5.32 Å². The SMILES string of the molecule is Cc1cc(C#N)cc(-c2ccc(-c3cc(-c4ccc(C5=NC(c6ccccc6)=NC(c6ccccc6)N5)cc4)cc4ccccc34)cc2)c1. The fraction of sp³-hybridized carbons (Fsp3) is 0.0444. The fourth-order valence-electron chi connectivity index (χ4n) is 6.51. The molecule has 4 heteroatoms. The van der Waals surface area contributed by atoms with E-state index in [0.717, 1.165) is 55.9 Å². The van der Waals surface area contributed by atoms with Crippen molar-refractivity contribution in [3.63, 3.8) is 0 Å². The number of rotatable bonds is 6. The predicted molar refractivity (Wildman–Crippen MR) is 202 cm³/mol. The number of nitrogens with one attached hydrogen (secondary N) is 1. The van der Waals surface area contributed by atoms with Crippen molar-refractivity contribution in [3.05, 3.63) is 192 Å². The van der Waals surface area contributed by atoms with Crippen LogP contribution in [0.5, 0.6) is 0 Å². The van der Waals surface area contributed by atoms with Crippen molar-refractivity contribution in [2.45, 2.75) is 13.1 Å². The Balaban J connectivity index is 1.14. The van der Waals surface area contributed by atoms with Gasteiger partial charge in [-0.05, 0) is 86.5 Å². The quantitative estimate of drug-likeness (QED) is 0.199. The molecule has 0 radical (unpaired) electrons. The van der Waals surface area contributed by atoms with Crippen LogP contribution in [0.25, 0.3) is 44.2 Å². The van der Waals surface area contributed by atoms with E-state index in [9.17, 15) is 5.26 Å². The summed E-state index contributed by atoms with van der Waals surface area (Å²) in [6, 6.07) is 59.1. The topological polar surface area (TPSA) is 60.5 Å². The molecule has 0 saturated carbocycles. The number of benzene rings is 7. The lowest BCUT2D eigenvalue weighted by Crippen LogP contribution is -2.33. The molecule has 1 N–H and O–H groups in total. The number of nitriles is 1. The summed E-state index contributed by atoms with van der Waals surface area (Å²) in [5.74, 6) is 1.51. The van der Waals surface area contributed by atoms with Crippen LogP contribution >= 0.6 is 0 Å². The van der Waals surface area contributed by atoms with Crippen LogP contribution in [0.4, 0.5) is 0 Å². The van der Waals surface area contributed by atoms with Gasteiger partial charge in [0, 0.05) is 11.1 Å². The second kappa shape index (κ2) is 12.9. The van der Waals surface area contributed by atoms with Gasteiger partial charge in [-0.15, -0.1) is 0 Å². The molecule has 49 heavy (non-hydrogen) atoms. The number of aryl methyl sites for hydroxylation is 1. The highest BCUT2D eigenvalue weighted by atomic mass is 15.2. The second-order valence-electron chi connectivity index (χ2n) is 12.3. The molecule has 0 aromatic heterocycles. The van der Waals surface area contributed by atoms with Crippen molar-refractivity contribution in [2.75, 3.05) is 0 Å². The minimum absolute atomic E-state index is 0.239. The Morgan fingerprint density at radius 3 is 1.88 bits per heavy atom. The molecule has 7 aromatic carbocycles.